The van der Waals surface area contributed by atoms with Gasteiger partial charge in [0.25, 0.3) is 0 Å². The van der Waals surface area contributed by atoms with Gasteiger partial charge < -0.3 is 15.4 Å². The van der Waals surface area contributed by atoms with E-state index in [1.165, 1.54) is 12.1 Å². The second-order valence-corrected chi connectivity index (χ2v) is 6.36. The Bertz CT molecular complexity index is 656. The summed E-state index contributed by atoms with van der Waals surface area (Å²) >= 11 is 5.40. The van der Waals surface area contributed by atoms with E-state index in [1.54, 1.807) is 19.2 Å². The van der Waals surface area contributed by atoms with Gasteiger partial charge in [-0.1, -0.05) is 38.1 Å². The largest absolute Gasteiger partial charge is 0.497 e. The first kappa shape index (κ1) is 18.2. The van der Waals surface area contributed by atoms with E-state index in [-0.39, 0.29) is 11.9 Å². The number of thiocarbonyl (C=S) groups is 1. The molecule has 0 aliphatic heterocycles. The molecule has 0 amide bonds. The van der Waals surface area contributed by atoms with Crippen molar-refractivity contribution in [2.24, 2.45) is 5.92 Å². The molecule has 2 N–H and O–H groups in total. The van der Waals surface area contributed by atoms with Crippen molar-refractivity contribution in [3.63, 3.8) is 0 Å². The summed E-state index contributed by atoms with van der Waals surface area (Å²) in [5, 5.41) is 7.10. The Hall–Kier alpha value is -2.14. The zero-order chi connectivity index (χ0) is 17.5. The Morgan fingerprint density at radius 1 is 1.08 bits per heavy atom. The Morgan fingerprint density at radius 3 is 2.25 bits per heavy atom. The fraction of sp³-hybridized carbons (Fsp3) is 0.316. The van der Waals surface area contributed by atoms with Crippen LogP contribution in [-0.4, -0.2) is 12.2 Å². The molecule has 24 heavy (non-hydrogen) atoms. The highest BCUT2D eigenvalue weighted by Crippen LogP contribution is 2.21. The molecule has 0 aliphatic carbocycles. The molecular weight excluding hydrogens is 323 g/mol. The highest BCUT2D eigenvalue weighted by molar-refractivity contribution is 7.80. The Morgan fingerprint density at radius 2 is 1.71 bits per heavy atom. The van der Waals surface area contributed by atoms with Crippen LogP contribution < -0.4 is 15.4 Å². The number of benzene rings is 2. The van der Waals surface area contributed by atoms with Crippen LogP contribution in [0.5, 0.6) is 5.75 Å². The van der Waals surface area contributed by atoms with Gasteiger partial charge in [-0.2, -0.15) is 0 Å². The van der Waals surface area contributed by atoms with Gasteiger partial charge in [-0.15, -0.1) is 0 Å². The zero-order valence-corrected chi connectivity index (χ0v) is 15.0. The van der Waals surface area contributed by atoms with Crippen LogP contribution in [0.25, 0.3) is 0 Å². The lowest BCUT2D eigenvalue weighted by Crippen LogP contribution is -2.39. The molecule has 0 fully saturated rings. The lowest BCUT2D eigenvalue weighted by atomic mass is 9.96. The van der Waals surface area contributed by atoms with Crippen LogP contribution in [0.2, 0.25) is 0 Å². The summed E-state index contributed by atoms with van der Waals surface area (Å²) < 4.78 is 18.3. The average molecular weight is 346 g/mol. The van der Waals surface area contributed by atoms with Gasteiger partial charge in [-0.3, -0.25) is 0 Å². The quantitative estimate of drug-likeness (QED) is 0.768. The predicted molar refractivity (Wildman–Crippen MR) is 99.5 cm³/mol. The smallest absolute Gasteiger partial charge is 0.167 e. The molecule has 0 heterocycles. The number of halogens is 1. The molecule has 128 valence electrons. The Balaban J connectivity index is 1.93. The molecule has 1 atom stereocenters. The highest BCUT2D eigenvalue weighted by Gasteiger charge is 2.16. The third kappa shape index (κ3) is 5.20. The molecule has 0 saturated heterocycles. The van der Waals surface area contributed by atoms with Crippen molar-refractivity contribution in [3.8, 4) is 5.75 Å². The van der Waals surface area contributed by atoms with Gasteiger partial charge in [-0.25, -0.2) is 4.39 Å². The number of hydrogen-bond donors (Lipinski definition) is 2. The molecule has 0 bridgehead atoms. The number of rotatable bonds is 6. The molecule has 0 unspecified atom stereocenters. The first-order valence-electron chi connectivity index (χ1n) is 7.92. The zero-order valence-electron chi connectivity index (χ0n) is 14.2. The minimum Gasteiger partial charge on any atom is -0.497 e. The van der Waals surface area contributed by atoms with Crippen molar-refractivity contribution in [2.75, 3.05) is 7.11 Å². The number of ether oxygens (including phenoxy) is 1. The minimum absolute atomic E-state index is 0.0291. The van der Waals surface area contributed by atoms with Gasteiger partial charge in [0.15, 0.2) is 5.11 Å². The molecule has 0 spiro atoms. The van der Waals surface area contributed by atoms with Gasteiger partial charge >= 0.3 is 0 Å². The first-order valence-corrected chi connectivity index (χ1v) is 8.33. The Kier molecular flexibility index (Phi) is 6.55. The predicted octanol–water partition coefficient (Wildman–Crippen LogP) is 4.20. The summed E-state index contributed by atoms with van der Waals surface area (Å²) in [7, 11) is 1.65. The summed E-state index contributed by atoms with van der Waals surface area (Å²) in [4.78, 5) is 0. The van der Waals surface area contributed by atoms with Gasteiger partial charge in [0, 0.05) is 6.54 Å². The fourth-order valence-corrected chi connectivity index (χ4v) is 2.62. The molecule has 3 nitrogen and oxygen atoms in total. The van der Waals surface area contributed by atoms with E-state index in [1.807, 2.05) is 24.3 Å². The molecule has 2 rings (SSSR count). The van der Waals surface area contributed by atoms with E-state index in [9.17, 15) is 4.39 Å². The maximum Gasteiger partial charge on any atom is 0.167 e. The molecule has 0 radical (unpaired) electrons. The maximum atomic E-state index is 13.1. The van der Waals surface area contributed by atoms with E-state index in [0.717, 1.165) is 16.9 Å². The molecule has 5 heteroatoms. The summed E-state index contributed by atoms with van der Waals surface area (Å²) in [6.07, 6.45) is 0. The molecule has 0 aliphatic rings. The summed E-state index contributed by atoms with van der Waals surface area (Å²) in [5.74, 6) is 0.910. The van der Waals surface area contributed by atoms with Crippen LogP contribution in [0.4, 0.5) is 4.39 Å². The monoisotopic (exact) mass is 346 g/mol. The van der Waals surface area contributed by atoms with Crippen molar-refractivity contribution in [2.45, 2.75) is 26.4 Å². The van der Waals surface area contributed by atoms with E-state index in [0.29, 0.717) is 17.6 Å². The van der Waals surface area contributed by atoms with Crippen LogP contribution in [0.15, 0.2) is 48.5 Å². The fourth-order valence-electron chi connectivity index (χ4n) is 2.42. The maximum absolute atomic E-state index is 13.1. The van der Waals surface area contributed by atoms with Crippen LogP contribution in [0, 0.1) is 11.7 Å². The summed E-state index contributed by atoms with van der Waals surface area (Å²) in [6.45, 7) is 4.84. The molecule has 2 aromatic rings. The summed E-state index contributed by atoms with van der Waals surface area (Å²) in [5.41, 5.74) is 2.13. The average Bonchev–Trinajstić information content (AvgIpc) is 2.59. The SMILES string of the molecule is COc1ccc(CNC(=S)N[C@H](c2ccc(F)cc2)C(C)C)cc1. The highest BCUT2D eigenvalue weighted by atomic mass is 32.1. The van der Waals surface area contributed by atoms with Crippen molar-refractivity contribution in [1.82, 2.24) is 10.6 Å². The van der Waals surface area contributed by atoms with Crippen LogP contribution in [-0.2, 0) is 6.54 Å². The van der Waals surface area contributed by atoms with Crippen LogP contribution >= 0.6 is 12.2 Å². The number of methoxy groups -OCH3 is 1. The van der Waals surface area contributed by atoms with Crippen LogP contribution in [0.3, 0.4) is 0 Å². The number of nitrogens with one attached hydrogen (secondary N) is 2. The van der Waals surface area contributed by atoms with Gasteiger partial charge in [-0.05, 0) is 53.5 Å². The molecular formula is C19H23FN2OS. The standard InChI is InChI=1S/C19H23FN2OS/c1-13(2)18(15-6-8-16(20)9-7-15)22-19(24)21-12-14-4-10-17(23-3)11-5-14/h4-11,13,18H,12H2,1-3H3,(H2,21,22,24)/t18-/m0/s1. The van der Waals surface area contributed by atoms with Crippen molar-refractivity contribution >= 4 is 17.3 Å². The molecule has 0 saturated carbocycles. The van der Waals surface area contributed by atoms with Crippen LogP contribution in [0.1, 0.15) is 31.0 Å². The van der Waals surface area contributed by atoms with Crippen molar-refractivity contribution in [3.05, 3.63) is 65.5 Å². The second-order valence-electron chi connectivity index (χ2n) is 5.95. The van der Waals surface area contributed by atoms with Crippen molar-refractivity contribution < 1.29 is 9.13 Å². The Labute approximate surface area is 148 Å². The van der Waals surface area contributed by atoms with E-state index >= 15 is 0 Å². The minimum atomic E-state index is -0.235. The van der Waals surface area contributed by atoms with Crippen molar-refractivity contribution in [1.29, 1.82) is 0 Å². The number of hydrogen-bond acceptors (Lipinski definition) is 2. The second kappa shape index (κ2) is 8.64. The molecule has 0 aromatic heterocycles. The third-order valence-corrected chi connectivity index (χ3v) is 4.06. The summed E-state index contributed by atoms with van der Waals surface area (Å²) in [6, 6.07) is 14.4. The third-order valence-electron chi connectivity index (χ3n) is 3.79. The van der Waals surface area contributed by atoms with Gasteiger partial charge in [0.2, 0.25) is 0 Å². The van der Waals surface area contributed by atoms with E-state index in [4.69, 9.17) is 17.0 Å². The van der Waals surface area contributed by atoms with Gasteiger partial charge in [0.1, 0.15) is 11.6 Å². The molecule has 2 aromatic carbocycles. The van der Waals surface area contributed by atoms with E-state index < -0.39 is 0 Å². The first-order chi connectivity index (χ1) is 11.5. The van der Waals surface area contributed by atoms with E-state index in [2.05, 4.69) is 24.5 Å². The van der Waals surface area contributed by atoms with Gasteiger partial charge in [0.05, 0.1) is 13.2 Å². The lowest BCUT2D eigenvalue weighted by molar-refractivity contribution is 0.414. The topological polar surface area (TPSA) is 33.3 Å². The normalized spacial score (nSPS) is 11.9. The lowest BCUT2D eigenvalue weighted by Gasteiger charge is -2.25.